The molecule has 1 N–H and O–H groups in total. The second-order valence-corrected chi connectivity index (χ2v) is 8.54. The summed E-state index contributed by atoms with van der Waals surface area (Å²) in [4.78, 5) is 25.1. The first kappa shape index (κ1) is 23.4. The van der Waals surface area contributed by atoms with Crippen LogP contribution in [0.2, 0.25) is 0 Å². The van der Waals surface area contributed by atoms with Gasteiger partial charge in [0.15, 0.2) is 11.5 Å². The maximum Gasteiger partial charge on any atom is 0.240 e. The van der Waals surface area contributed by atoms with Crippen molar-refractivity contribution in [2.75, 3.05) is 33.3 Å². The van der Waals surface area contributed by atoms with Crippen molar-refractivity contribution >= 4 is 27.5 Å². The monoisotopic (exact) mass is 464 g/mol. The quantitative estimate of drug-likeness (QED) is 0.558. The number of methoxy groups -OCH3 is 4. The van der Waals surface area contributed by atoms with Crippen molar-refractivity contribution in [1.29, 1.82) is 0 Å². The minimum absolute atomic E-state index is 0.0658. The number of hydrogen-bond donors (Lipinski definition) is 1. The number of anilines is 1. The number of imide groups is 1. The molecule has 1 fully saturated rings. The minimum atomic E-state index is -4.01. The fraction of sp³-hybridized carbons (Fsp3) is 0.333. The highest BCUT2D eigenvalue weighted by Gasteiger charge is 2.33. The number of nitrogens with one attached hydrogen (secondary N) is 1. The molecule has 0 bridgehead atoms. The highest BCUT2D eigenvalue weighted by molar-refractivity contribution is 7.89. The van der Waals surface area contributed by atoms with Gasteiger partial charge in [0.25, 0.3) is 0 Å². The summed E-state index contributed by atoms with van der Waals surface area (Å²) >= 11 is 0. The third-order valence-corrected chi connectivity index (χ3v) is 6.39. The van der Waals surface area contributed by atoms with Gasteiger partial charge in [0.05, 0.1) is 39.0 Å². The smallest absolute Gasteiger partial charge is 0.240 e. The Kier molecular flexibility index (Phi) is 6.90. The average Bonchev–Trinajstić information content (AvgIpc) is 3.13. The Labute approximate surface area is 186 Å². The number of rotatable bonds is 9. The van der Waals surface area contributed by atoms with Gasteiger partial charge in [0.2, 0.25) is 27.6 Å². The lowest BCUT2D eigenvalue weighted by atomic mass is 10.1. The Bertz CT molecular complexity index is 1130. The fourth-order valence-electron chi connectivity index (χ4n) is 3.42. The summed E-state index contributed by atoms with van der Waals surface area (Å²) in [7, 11) is 1.74. The van der Waals surface area contributed by atoms with Crippen LogP contribution in [0.3, 0.4) is 0 Å². The predicted octanol–water partition coefficient (Wildman–Crippen LogP) is 1.85. The van der Waals surface area contributed by atoms with Crippen molar-refractivity contribution < 1.29 is 37.0 Å². The Morgan fingerprint density at radius 3 is 2.00 bits per heavy atom. The molecule has 0 atom stereocenters. The SMILES string of the molecule is COc1ccc(S(=O)(=O)NCc2ccc(OC)c(OC)c2OC)cc1N1C(=O)CCC1=O. The Balaban J connectivity index is 1.92. The van der Waals surface area contributed by atoms with Crippen LogP contribution in [0.15, 0.2) is 35.2 Å². The molecule has 0 spiro atoms. The third kappa shape index (κ3) is 4.34. The third-order valence-electron chi connectivity index (χ3n) is 4.99. The lowest BCUT2D eigenvalue weighted by Crippen LogP contribution is -2.30. The van der Waals surface area contributed by atoms with E-state index in [0.717, 1.165) is 4.90 Å². The Morgan fingerprint density at radius 1 is 0.844 bits per heavy atom. The molecule has 1 saturated heterocycles. The normalized spacial score (nSPS) is 13.9. The van der Waals surface area contributed by atoms with Crippen LogP contribution in [0.25, 0.3) is 0 Å². The standard InChI is InChI=1S/C21H24N2O8S/c1-28-16-8-6-14(11-15(16)23-18(24)9-10-19(23)25)32(26,27)22-12-13-5-7-17(29-2)21(31-4)20(13)30-3/h5-8,11,22H,9-10,12H2,1-4H3. The van der Waals surface area contributed by atoms with Crippen molar-refractivity contribution in [2.45, 2.75) is 24.3 Å². The van der Waals surface area contributed by atoms with Gasteiger partial charge in [-0.3, -0.25) is 9.59 Å². The van der Waals surface area contributed by atoms with Gasteiger partial charge in [-0.1, -0.05) is 6.07 Å². The number of nitrogens with zero attached hydrogens (tertiary/aromatic N) is 1. The van der Waals surface area contributed by atoms with E-state index in [-0.39, 0.29) is 35.7 Å². The van der Waals surface area contributed by atoms with Crippen LogP contribution in [0.5, 0.6) is 23.0 Å². The predicted molar refractivity (Wildman–Crippen MR) is 115 cm³/mol. The number of sulfonamides is 1. The number of carbonyl (C=O) groups excluding carboxylic acids is 2. The van der Waals surface area contributed by atoms with E-state index in [2.05, 4.69) is 4.72 Å². The van der Waals surface area contributed by atoms with E-state index in [1.54, 1.807) is 12.1 Å². The van der Waals surface area contributed by atoms with Gasteiger partial charge >= 0.3 is 0 Å². The lowest BCUT2D eigenvalue weighted by molar-refractivity contribution is -0.121. The van der Waals surface area contributed by atoms with Gasteiger partial charge < -0.3 is 18.9 Å². The van der Waals surface area contributed by atoms with Gasteiger partial charge in [-0.25, -0.2) is 18.0 Å². The highest BCUT2D eigenvalue weighted by atomic mass is 32.2. The van der Waals surface area contributed by atoms with E-state index in [0.29, 0.717) is 22.8 Å². The van der Waals surface area contributed by atoms with Crippen LogP contribution in [-0.4, -0.2) is 48.7 Å². The van der Waals surface area contributed by atoms with Crippen molar-refractivity contribution in [2.24, 2.45) is 0 Å². The van der Waals surface area contributed by atoms with Crippen LogP contribution in [0, 0.1) is 0 Å². The molecule has 172 valence electrons. The van der Waals surface area contributed by atoms with E-state index < -0.39 is 21.8 Å². The first-order valence-electron chi connectivity index (χ1n) is 9.58. The second-order valence-electron chi connectivity index (χ2n) is 6.77. The van der Waals surface area contributed by atoms with Gasteiger partial charge in [0.1, 0.15) is 5.75 Å². The minimum Gasteiger partial charge on any atom is -0.495 e. The fourth-order valence-corrected chi connectivity index (χ4v) is 4.44. The summed E-state index contributed by atoms with van der Waals surface area (Å²) in [6.45, 7) is -0.102. The number of hydrogen-bond acceptors (Lipinski definition) is 8. The number of carbonyl (C=O) groups is 2. The van der Waals surface area contributed by atoms with Crippen LogP contribution < -0.4 is 28.6 Å². The summed E-state index contributed by atoms with van der Waals surface area (Å²) in [6.07, 6.45) is 0.132. The molecule has 0 aromatic heterocycles. The summed E-state index contributed by atoms with van der Waals surface area (Å²) in [5.41, 5.74) is 0.610. The van der Waals surface area contributed by atoms with Gasteiger partial charge in [-0.15, -0.1) is 0 Å². The molecule has 0 radical (unpaired) electrons. The van der Waals surface area contributed by atoms with Gasteiger partial charge in [0, 0.05) is 24.9 Å². The van der Waals surface area contributed by atoms with E-state index in [9.17, 15) is 18.0 Å². The van der Waals surface area contributed by atoms with E-state index in [1.807, 2.05) is 0 Å². The molecule has 0 saturated carbocycles. The van der Waals surface area contributed by atoms with E-state index in [4.69, 9.17) is 18.9 Å². The molecule has 32 heavy (non-hydrogen) atoms. The highest BCUT2D eigenvalue weighted by Crippen LogP contribution is 2.40. The Morgan fingerprint density at radius 2 is 1.44 bits per heavy atom. The summed E-state index contributed by atoms with van der Waals surface area (Å²) in [5.74, 6) is 0.504. The summed E-state index contributed by atoms with van der Waals surface area (Å²) in [6, 6.07) is 7.28. The van der Waals surface area contributed by atoms with Crippen molar-refractivity contribution in [3.8, 4) is 23.0 Å². The molecule has 2 aromatic rings. The van der Waals surface area contributed by atoms with Crippen LogP contribution in [-0.2, 0) is 26.2 Å². The first-order valence-corrected chi connectivity index (χ1v) is 11.1. The van der Waals surface area contributed by atoms with Crippen molar-refractivity contribution in [1.82, 2.24) is 4.72 Å². The molecule has 2 amide bonds. The molecule has 10 nitrogen and oxygen atoms in total. The first-order chi connectivity index (χ1) is 15.3. The molecule has 1 heterocycles. The molecule has 11 heteroatoms. The molecule has 1 aliphatic heterocycles. The molecule has 1 aliphatic rings. The maximum absolute atomic E-state index is 13.0. The van der Waals surface area contributed by atoms with Crippen molar-refractivity contribution in [3.05, 3.63) is 35.9 Å². The molecule has 2 aromatic carbocycles. The van der Waals surface area contributed by atoms with Gasteiger partial charge in [-0.05, 0) is 24.3 Å². The summed E-state index contributed by atoms with van der Waals surface area (Å²) < 4.78 is 49.6. The zero-order valence-electron chi connectivity index (χ0n) is 18.1. The van der Waals surface area contributed by atoms with Crippen LogP contribution >= 0.6 is 0 Å². The van der Waals surface area contributed by atoms with Crippen LogP contribution in [0.4, 0.5) is 5.69 Å². The largest absolute Gasteiger partial charge is 0.495 e. The maximum atomic E-state index is 13.0. The summed E-state index contributed by atoms with van der Waals surface area (Å²) in [5, 5.41) is 0. The van der Waals surface area contributed by atoms with Crippen molar-refractivity contribution in [3.63, 3.8) is 0 Å². The molecular weight excluding hydrogens is 440 g/mol. The number of amides is 2. The number of ether oxygens (including phenoxy) is 4. The molecule has 0 aliphatic carbocycles. The Hall–Kier alpha value is -3.31. The van der Waals surface area contributed by atoms with Gasteiger partial charge in [-0.2, -0.15) is 0 Å². The number of benzene rings is 2. The molecule has 0 unspecified atom stereocenters. The van der Waals surface area contributed by atoms with Crippen LogP contribution in [0.1, 0.15) is 18.4 Å². The second kappa shape index (κ2) is 9.45. The lowest BCUT2D eigenvalue weighted by Gasteiger charge is -2.19. The zero-order valence-corrected chi connectivity index (χ0v) is 18.9. The average molecular weight is 464 g/mol. The van der Waals surface area contributed by atoms with E-state index >= 15 is 0 Å². The zero-order chi connectivity index (χ0) is 23.5. The molecular formula is C21H24N2O8S. The molecule has 3 rings (SSSR count). The van der Waals surface area contributed by atoms with E-state index in [1.165, 1.54) is 46.6 Å². The topological polar surface area (TPSA) is 120 Å².